The van der Waals surface area contributed by atoms with Gasteiger partial charge in [0.25, 0.3) is 0 Å². The van der Waals surface area contributed by atoms with Crippen molar-refractivity contribution in [3.63, 3.8) is 0 Å². The van der Waals surface area contributed by atoms with E-state index in [4.69, 9.17) is 0 Å². The van der Waals surface area contributed by atoms with Gasteiger partial charge in [0.15, 0.2) is 0 Å². The highest BCUT2D eigenvalue weighted by molar-refractivity contribution is 5.79. The molecule has 0 heterocycles. The van der Waals surface area contributed by atoms with Gasteiger partial charge in [-0.05, 0) is 33.6 Å². The zero-order chi connectivity index (χ0) is 11.7. The second-order valence-corrected chi connectivity index (χ2v) is 5.37. The Kier molecular flexibility index (Phi) is 3.36. The van der Waals surface area contributed by atoms with Gasteiger partial charge in [-0.25, -0.2) is 8.78 Å². The van der Waals surface area contributed by atoms with Crippen LogP contribution < -0.4 is 5.32 Å². The standard InChI is InChI=1S/C11H19F2NO/c1-10(2,3)14-9(15)8-4-6-11(12,13)7-5-8/h8H,4-7H2,1-3H3,(H,14,15). The molecule has 1 fully saturated rings. The molecule has 0 aromatic carbocycles. The average Bonchev–Trinajstić information content (AvgIpc) is 2.00. The Hall–Kier alpha value is -0.670. The molecule has 0 radical (unpaired) electrons. The van der Waals surface area contributed by atoms with Crippen LogP contribution in [0, 0.1) is 5.92 Å². The van der Waals surface area contributed by atoms with Crippen LogP contribution in [0.2, 0.25) is 0 Å². The summed E-state index contributed by atoms with van der Waals surface area (Å²) in [6, 6.07) is 0. The first-order valence-electron chi connectivity index (χ1n) is 5.39. The van der Waals surface area contributed by atoms with Crippen molar-refractivity contribution in [1.82, 2.24) is 5.32 Å². The molecule has 0 aromatic rings. The van der Waals surface area contributed by atoms with E-state index in [-0.39, 0.29) is 30.2 Å². The number of hydrogen-bond donors (Lipinski definition) is 1. The highest BCUT2D eigenvalue weighted by atomic mass is 19.3. The maximum absolute atomic E-state index is 12.8. The van der Waals surface area contributed by atoms with Crippen LogP contribution in [-0.4, -0.2) is 17.4 Å². The maximum atomic E-state index is 12.8. The summed E-state index contributed by atoms with van der Waals surface area (Å²) in [5, 5.41) is 2.83. The summed E-state index contributed by atoms with van der Waals surface area (Å²) < 4.78 is 25.7. The molecule has 0 aromatic heterocycles. The van der Waals surface area contributed by atoms with Crippen LogP contribution in [0.3, 0.4) is 0 Å². The molecule has 1 aliphatic rings. The van der Waals surface area contributed by atoms with Crippen molar-refractivity contribution in [2.45, 2.75) is 57.9 Å². The van der Waals surface area contributed by atoms with Gasteiger partial charge in [0.2, 0.25) is 11.8 Å². The largest absolute Gasteiger partial charge is 0.351 e. The monoisotopic (exact) mass is 219 g/mol. The lowest BCUT2D eigenvalue weighted by molar-refractivity contribution is -0.130. The van der Waals surface area contributed by atoms with Crippen LogP contribution in [0.4, 0.5) is 8.78 Å². The van der Waals surface area contributed by atoms with E-state index >= 15 is 0 Å². The number of amides is 1. The zero-order valence-corrected chi connectivity index (χ0v) is 9.57. The highest BCUT2D eigenvalue weighted by Crippen LogP contribution is 2.36. The molecule has 0 saturated heterocycles. The molecule has 0 atom stereocenters. The lowest BCUT2D eigenvalue weighted by atomic mass is 9.86. The van der Waals surface area contributed by atoms with E-state index in [1.165, 1.54) is 0 Å². The summed E-state index contributed by atoms with van der Waals surface area (Å²) in [5.74, 6) is -2.87. The first kappa shape index (κ1) is 12.4. The molecule has 2 nitrogen and oxygen atoms in total. The van der Waals surface area contributed by atoms with E-state index < -0.39 is 5.92 Å². The lowest BCUT2D eigenvalue weighted by Gasteiger charge is -2.30. The fourth-order valence-corrected chi connectivity index (χ4v) is 1.77. The highest BCUT2D eigenvalue weighted by Gasteiger charge is 2.37. The first-order chi connectivity index (χ1) is 6.70. The zero-order valence-electron chi connectivity index (χ0n) is 9.57. The number of carbonyl (C=O) groups excluding carboxylic acids is 1. The van der Waals surface area contributed by atoms with Crippen LogP contribution >= 0.6 is 0 Å². The Bertz CT molecular complexity index is 235. The van der Waals surface area contributed by atoms with E-state index in [1.54, 1.807) is 0 Å². The first-order valence-corrected chi connectivity index (χ1v) is 5.39. The third-order valence-electron chi connectivity index (χ3n) is 2.59. The van der Waals surface area contributed by atoms with Gasteiger partial charge >= 0.3 is 0 Å². The van der Waals surface area contributed by atoms with E-state index in [0.717, 1.165) is 0 Å². The molecule has 1 N–H and O–H groups in total. The Balaban J connectivity index is 2.44. The van der Waals surface area contributed by atoms with Crippen molar-refractivity contribution in [1.29, 1.82) is 0 Å². The van der Waals surface area contributed by atoms with Gasteiger partial charge in [0.1, 0.15) is 0 Å². The van der Waals surface area contributed by atoms with Gasteiger partial charge in [-0.2, -0.15) is 0 Å². The van der Waals surface area contributed by atoms with Crippen molar-refractivity contribution >= 4 is 5.91 Å². The molecule has 0 bridgehead atoms. The average molecular weight is 219 g/mol. The van der Waals surface area contributed by atoms with E-state index in [2.05, 4.69) is 5.32 Å². The number of halogens is 2. The minimum atomic E-state index is -2.56. The van der Waals surface area contributed by atoms with E-state index in [0.29, 0.717) is 12.8 Å². The molecule has 1 rings (SSSR count). The summed E-state index contributed by atoms with van der Waals surface area (Å²) >= 11 is 0. The smallest absolute Gasteiger partial charge is 0.248 e. The summed E-state index contributed by atoms with van der Waals surface area (Å²) in [6.07, 6.45) is 0.286. The molecule has 1 saturated carbocycles. The number of carbonyl (C=O) groups is 1. The van der Waals surface area contributed by atoms with E-state index in [1.807, 2.05) is 20.8 Å². The van der Waals surface area contributed by atoms with Gasteiger partial charge in [0, 0.05) is 24.3 Å². The number of rotatable bonds is 1. The normalized spacial score (nSPS) is 22.5. The van der Waals surface area contributed by atoms with Gasteiger partial charge in [-0.15, -0.1) is 0 Å². The van der Waals surface area contributed by atoms with Gasteiger partial charge in [-0.1, -0.05) is 0 Å². The summed E-state index contributed by atoms with van der Waals surface area (Å²) in [5.41, 5.74) is -0.281. The SMILES string of the molecule is CC(C)(C)NC(=O)C1CCC(F)(F)CC1. The van der Waals surface area contributed by atoms with Crippen LogP contribution in [0.25, 0.3) is 0 Å². The summed E-state index contributed by atoms with van der Waals surface area (Å²) in [4.78, 5) is 11.7. The fraction of sp³-hybridized carbons (Fsp3) is 0.909. The number of hydrogen-bond acceptors (Lipinski definition) is 1. The predicted octanol–water partition coefficient (Wildman–Crippen LogP) is 2.73. The molecule has 1 aliphatic carbocycles. The molecule has 1 amide bonds. The molecular formula is C11H19F2NO. The molecule has 0 aliphatic heterocycles. The van der Waals surface area contributed by atoms with Crippen molar-refractivity contribution < 1.29 is 13.6 Å². The third-order valence-corrected chi connectivity index (χ3v) is 2.59. The van der Waals surface area contributed by atoms with Crippen LogP contribution in [-0.2, 0) is 4.79 Å². The predicted molar refractivity (Wildman–Crippen MR) is 54.8 cm³/mol. The molecule has 0 unspecified atom stereocenters. The Morgan fingerprint density at radius 1 is 1.27 bits per heavy atom. The Labute approximate surface area is 89.4 Å². The molecule has 88 valence electrons. The number of nitrogens with one attached hydrogen (secondary N) is 1. The van der Waals surface area contributed by atoms with Gasteiger partial charge in [-0.3, -0.25) is 4.79 Å². The minimum Gasteiger partial charge on any atom is -0.351 e. The topological polar surface area (TPSA) is 29.1 Å². The molecular weight excluding hydrogens is 200 g/mol. The van der Waals surface area contributed by atoms with Crippen LogP contribution in [0.5, 0.6) is 0 Å². The number of alkyl halides is 2. The van der Waals surface area contributed by atoms with Crippen LogP contribution in [0.15, 0.2) is 0 Å². The Morgan fingerprint density at radius 3 is 2.13 bits per heavy atom. The van der Waals surface area contributed by atoms with Crippen molar-refractivity contribution in [2.75, 3.05) is 0 Å². The summed E-state index contributed by atoms with van der Waals surface area (Å²) in [7, 11) is 0. The Morgan fingerprint density at radius 2 is 1.73 bits per heavy atom. The second kappa shape index (κ2) is 4.06. The minimum absolute atomic E-state index is 0.0852. The van der Waals surface area contributed by atoms with Crippen LogP contribution in [0.1, 0.15) is 46.5 Å². The van der Waals surface area contributed by atoms with Gasteiger partial charge in [0.05, 0.1) is 0 Å². The molecule has 15 heavy (non-hydrogen) atoms. The summed E-state index contributed by atoms with van der Waals surface area (Å²) in [6.45, 7) is 5.67. The lowest BCUT2D eigenvalue weighted by Crippen LogP contribution is -2.45. The molecule has 4 heteroatoms. The quantitative estimate of drug-likeness (QED) is 0.721. The second-order valence-electron chi connectivity index (χ2n) is 5.37. The maximum Gasteiger partial charge on any atom is 0.248 e. The van der Waals surface area contributed by atoms with E-state index in [9.17, 15) is 13.6 Å². The van der Waals surface area contributed by atoms with Crippen molar-refractivity contribution in [2.24, 2.45) is 5.92 Å². The third kappa shape index (κ3) is 4.14. The van der Waals surface area contributed by atoms with Crippen molar-refractivity contribution in [3.8, 4) is 0 Å². The van der Waals surface area contributed by atoms with Crippen molar-refractivity contribution in [3.05, 3.63) is 0 Å². The molecule has 0 spiro atoms. The fourth-order valence-electron chi connectivity index (χ4n) is 1.77. The van der Waals surface area contributed by atoms with Gasteiger partial charge < -0.3 is 5.32 Å².